The van der Waals surface area contributed by atoms with Gasteiger partial charge in [0, 0.05) is 5.69 Å². The van der Waals surface area contributed by atoms with Crippen molar-refractivity contribution in [2.75, 3.05) is 5.32 Å². The van der Waals surface area contributed by atoms with Crippen molar-refractivity contribution in [1.82, 2.24) is 4.98 Å². The second-order valence-corrected chi connectivity index (χ2v) is 3.72. The maximum absolute atomic E-state index is 13.3. The van der Waals surface area contributed by atoms with Crippen LogP contribution in [0.3, 0.4) is 0 Å². The van der Waals surface area contributed by atoms with E-state index in [0.717, 1.165) is 6.07 Å². The molecular weight excluding hydrogens is 238 g/mol. The average Bonchev–Trinajstić information content (AvgIpc) is 2.35. The van der Waals surface area contributed by atoms with Crippen LogP contribution in [0.1, 0.15) is 16.2 Å². The smallest absolute Gasteiger partial charge is 0.274 e. The topological polar surface area (TPSA) is 42.0 Å². The van der Waals surface area contributed by atoms with Crippen molar-refractivity contribution in [2.45, 2.75) is 6.92 Å². The highest BCUT2D eigenvalue weighted by molar-refractivity contribution is 6.02. The number of aryl methyl sites for hydroxylation is 1. The van der Waals surface area contributed by atoms with Crippen molar-refractivity contribution in [2.24, 2.45) is 0 Å². The largest absolute Gasteiger partial charge is 0.318 e. The molecule has 3 nitrogen and oxygen atoms in total. The van der Waals surface area contributed by atoms with E-state index in [-0.39, 0.29) is 11.4 Å². The molecule has 1 heterocycles. The number of benzene rings is 1. The number of amides is 1. The van der Waals surface area contributed by atoms with Gasteiger partial charge in [-0.05, 0) is 31.2 Å². The first kappa shape index (κ1) is 12.2. The normalized spacial score (nSPS) is 10.2. The standard InChI is InChI=1S/C13H10F2N2O/c1-8-4-2-7-11(16-8)13(18)17-10-6-3-5-9(14)12(10)15/h2-7H,1H3,(H,17,18). The van der Waals surface area contributed by atoms with Gasteiger partial charge in [0.2, 0.25) is 0 Å². The predicted octanol–water partition coefficient (Wildman–Crippen LogP) is 2.92. The first-order chi connectivity index (χ1) is 8.58. The minimum Gasteiger partial charge on any atom is -0.318 e. The summed E-state index contributed by atoms with van der Waals surface area (Å²) in [7, 11) is 0. The van der Waals surface area contributed by atoms with Crippen molar-refractivity contribution >= 4 is 11.6 Å². The average molecular weight is 248 g/mol. The summed E-state index contributed by atoms with van der Waals surface area (Å²) in [6, 6.07) is 8.48. The molecule has 2 rings (SSSR count). The SMILES string of the molecule is Cc1cccc(C(=O)Nc2cccc(F)c2F)n1. The van der Waals surface area contributed by atoms with Crippen LogP contribution in [0.15, 0.2) is 36.4 Å². The molecule has 0 spiro atoms. The van der Waals surface area contributed by atoms with Crippen LogP contribution in [0, 0.1) is 18.6 Å². The van der Waals surface area contributed by atoms with Gasteiger partial charge in [0.25, 0.3) is 5.91 Å². The number of hydrogen-bond donors (Lipinski definition) is 1. The minimum absolute atomic E-state index is 0.152. The Labute approximate surface area is 102 Å². The number of carbonyl (C=O) groups excluding carboxylic acids is 1. The number of rotatable bonds is 2. The summed E-state index contributed by atoms with van der Waals surface area (Å²) in [5.41, 5.74) is 0.615. The van der Waals surface area contributed by atoms with E-state index < -0.39 is 17.5 Å². The number of anilines is 1. The van der Waals surface area contributed by atoms with Crippen LogP contribution < -0.4 is 5.32 Å². The summed E-state index contributed by atoms with van der Waals surface area (Å²) in [5, 5.41) is 2.28. The molecule has 0 aliphatic rings. The second kappa shape index (κ2) is 4.91. The molecule has 0 aliphatic heterocycles. The first-order valence-corrected chi connectivity index (χ1v) is 5.27. The van der Waals surface area contributed by atoms with Crippen LogP contribution in [0.5, 0.6) is 0 Å². The third kappa shape index (κ3) is 2.51. The van der Waals surface area contributed by atoms with Gasteiger partial charge in [-0.2, -0.15) is 0 Å². The van der Waals surface area contributed by atoms with Gasteiger partial charge in [-0.1, -0.05) is 12.1 Å². The lowest BCUT2D eigenvalue weighted by molar-refractivity contribution is 0.102. The quantitative estimate of drug-likeness (QED) is 0.887. The van der Waals surface area contributed by atoms with Crippen LogP contribution in [-0.4, -0.2) is 10.9 Å². The van der Waals surface area contributed by atoms with E-state index in [4.69, 9.17) is 0 Å². The second-order valence-electron chi connectivity index (χ2n) is 3.72. The highest BCUT2D eigenvalue weighted by atomic mass is 19.2. The van der Waals surface area contributed by atoms with Crippen molar-refractivity contribution in [3.8, 4) is 0 Å². The van der Waals surface area contributed by atoms with Crippen molar-refractivity contribution in [3.05, 3.63) is 59.4 Å². The van der Waals surface area contributed by atoms with Gasteiger partial charge in [0.15, 0.2) is 11.6 Å². The third-order valence-electron chi connectivity index (χ3n) is 2.32. The molecule has 2 aromatic rings. The molecule has 0 bridgehead atoms. The van der Waals surface area contributed by atoms with Gasteiger partial charge < -0.3 is 5.32 Å². The molecule has 5 heteroatoms. The number of pyridine rings is 1. The van der Waals surface area contributed by atoms with E-state index in [1.807, 2.05) is 0 Å². The van der Waals surface area contributed by atoms with Gasteiger partial charge in [-0.15, -0.1) is 0 Å². The molecule has 18 heavy (non-hydrogen) atoms. The van der Waals surface area contributed by atoms with Gasteiger partial charge in [-0.25, -0.2) is 13.8 Å². The highest BCUT2D eigenvalue weighted by Gasteiger charge is 2.12. The van der Waals surface area contributed by atoms with Crippen LogP contribution >= 0.6 is 0 Å². The molecule has 0 saturated heterocycles. The molecule has 0 aliphatic carbocycles. The Bertz CT molecular complexity index is 599. The van der Waals surface area contributed by atoms with Crippen molar-refractivity contribution in [3.63, 3.8) is 0 Å². The van der Waals surface area contributed by atoms with E-state index in [9.17, 15) is 13.6 Å². The maximum atomic E-state index is 13.3. The minimum atomic E-state index is -1.08. The molecule has 1 N–H and O–H groups in total. The number of nitrogens with zero attached hydrogens (tertiary/aromatic N) is 1. The van der Waals surface area contributed by atoms with E-state index in [1.54, 1.807) is 19.1 Å². The van der Waals surface area contributed by atoms with Crippen molar-refractivity contribution < 1.29 is 13.6 Å². The lowest BCUT2D eigenvalue weighted by atomic mass is 10.2. The Balaban J connectivity index is 2.24. The van der Waals surface area contributed by atoms with Crippen LogP contribution in [0.25, 0.3) is 0 Å². The number of nitrogens with one attached hydrogen (secondary N) is 1. The lowest BCUT2D eigenvalue weighted by Crippen LogP contribution is -2.15. The molecule has 0 saturated carbocycles. The molecule has 0 fully saturated rings. The fraction of sp³-hybridized carbons (Fsp3) is 0.0769. The molecule has 1 aromatic heterocycles. The summed E-state index contributed by atoms with van der Waals surface area (Å²) < 4.78 is 26.3. The summed E-state index contributed by atoms with van der Waals surface area (Å²) in [6.45, 7) is 1.74. The fourth-order valence-electron chi connectivity index (χ4n) is 1.46. The summed E-state index contributed by atoms with van der Waals surface area (Å²) >= 11 is 0. The Morgan fingerprint density at radius 2 is 1.89 bits per heavy atom. The lowest BCUT2D eigenvalue weighted by Gasteiger charge is -2.06. The summed E-state index contributed by atoms with van der Waals surface area (Å²) in [6.07, 6.45) is 0. The van der Waals surface area contributed by atoms with Crippen LogP contribution in [-0.2, 0) is 0 Å². The zero-order chi connectivity index (χ0) is 13.1. The maximum Gasteiger partial charge on any atom is 0.274 e. The fourth-order valence-corrected chi connectivity index (χ4v) is 1.46. The molecule has 0 unspecified atom stereocenters. The molecule has 1 aromatic carbocycles. The van der Waals surface area contributed by atoms with Gasteiger partial charge in [-0.3, -0.25) is 4.79 Å². The Hall–Kier alpha value is -2.30. The van der Waals surface area contributed by atoms with Gasteiger partial charge in [0.05, 0.1) is 5.69 Å². The third-order valence-corrected chi connectivity index (χ3v) is 2.32. The predicted molar refractivity (Wildman–Crippen MR) is 63.3 cm³/mol. The first-order valence-electron chi connectivity index (χ1n) is 5.27. The van der Waals surface area contributed by atoms with Gasteiger partial charge in [0.1, 0.15) is 5.69 Å². The number of halogens is 2. The van der Waals surface area contributed by atoms with Gasteiger partial charge >= 0.3 is 0 Å². The Morgan fingerprint density at radius 3 is 2.61 bits per heavy atom. The number of hydrogen-bond acceptors (Lipinski definition) is 2. The molecule has 0 atom stereocenters. The zero-order valence-electron chi connectivity index (χ0n) is 9.58. The van der Waals surface area contributed by atoms with E-state index >= 15 is 0 Å². The zero-order valence-corrected chi connectivity index (χ0v) is 9.58. The summed E-state index contributed by atoms with van der Waals surface area (Å²) in [5.74, 6) is -2.67. The van der Waals surface area contributed by atoms with E-state index in [2.05, 4.69) is 10.3 Å². The highest BCUT2D eigenvalue weighted by Crippen LogP contribution is 2.17. The van der Waals surface area contributed by atoms with Crippen LogP contribution in [0.2, 0.25) is 0 Å². The monoisotopic (exact) mass is 248 g/mol. The van der Waals surface area contributed by atoms with E-state index in [0.29, 0.717) is 5.69 Å². The Kier molecular flexibility index (Phi) is 3.32. The number of aromatic nitrogens is 1. The summed E-state index contributed by atoms with van der Waals surface area (Å²) in [4.78, 5) is 15.8. The molecule has 92 valence electrons. The van der Waals surface area contributed by atoms with Crippen molar-refractivity contribution in [1.29, 1.82) is 0 Å². The van der Waals surface area contributed by atoms with E-state index in [1.165, 1.54) is 18.2 Å². The van der Waals surface area contributed by atoms with Crippen LogP contribution in [0.4, 0.5) is 14.5 Å². The number of carbonyl (C=O) groups is 1. The molecular formula is C13H10F2N2O. The molecule has 1 amide bonds. The Morgan fingerprint density at radius 1 is 1.17 bits per heavy atom. The molecule has 0 radical (unpaired) electrons.